The van der Waals surface area contributed by atoms with Gasteiger partial charge in [0.1, 0.15) is 18.2 Å². The molecule has 1 N–H and O–H groups in total. The molecule has 0 atom stereocenters. The highest BCUT2D eigenvalue weighted by Crippen LogP contribution is 2.19. The highest BCUT2D eigenvalue weighted by molar-refractivity contribution is 6.31. The van der Waals surface area contributed by atoms with Crippen LogP contribution in [0.1, 0.15) is 12.2 Å². The summed E-state index contributed by atoms with van der Waals surface area (Å²) in [7, 11) is 1.92. The molecule has 1 amide bonds. The molecule has 0 spiro atoms. The van der Waals surface area contributed by atoms with Gasteiger partial charge in [-0.3, -0.25) is 19.6 Å². The van der Waals surface area contributed by atoms with Gasteiger partial charge in [-0.1, -0.05) is 11.6 Å². The van der Waals surface area contributed by atoms with Crippen molar-refractivity contribution in [1.82, 2.24) is 24.6 Å². The Morgan fingerprint density at radius 3 is 2.96 bits per heavy atom. The number of nitro groups is 1. The monoisotopic (exact) mass is 376 g/mol. The molecule has 2 aromatic heterocycles. The number of hydrogen-bond acceptors (Lipinski definition) is 5. The summed E-state index contributed by atoms with van der Waals surface area (Å²) >= 11 is 5.98. The first-order valence-corrected chi connectivity index (χ1v) is 8.36. The van der Waals surface area contributed by atoms with Gasteiger partial charge in [-0.15, -0.1) is 0 Å². The van der Waals surface area contributed by atoms with Crippen LogP contribution >= 0.6 is 11.6 Å². The van der Waals surface area contributed by atoms with Crippen molar-refractivity contribution in [1.29, 1.82) is 0 Å². The van der Waals surface area contributed by atoms with Crippen molar-refractivity contribution >= 4 is 34.2 Å². The normalized spacial score (nSPS) is 11.0. The number of nitrogens with one attached hydrogen (secondary N) is 1. The van der Waals surface area contributed by atoms with Gasteiger partial charge in [-0.05, 0) is 18.2 Å². The zero-order valence-corrected chi connectivity index (χ0v) is 14.8. The molecular weight excluding hydrogens is 360 g/mol. The second-order valence-corrected chi connectivity index (χ2v) is 6.23. The van der Waals surface area contributed by atoms with Crippen LogP contribution < -0.4 is 5.32 Å². The molecule has 0 bridgehead atoms. The SMILES string of the molecule is Cn1c(CCNC(=O)CCn2cc([N+](=O)[O-])cn2)nc2cc(Cl)ccc21. The van der Waals surface area contributed by atoms with Gasteiger partial charge >= 0.3 is 5.69 Å². The minimum atomic E-state index is -0.520. The Morgan fingerprint density at radius 2 is 2.23 bits per heavy atom. The van der Waals surface area contributed by atoms with Crippen molar-refractivity contribution < 1.29 is 9.72 Å². The van der Waals surface area contributed by atoms with Crippen LogP contribution in [0, 0.1) is 10.1 Å². The van der Waals surface area contributed by atoms with Crippen molar-refractivity contribution in [2.24, 2.45) is 7.05 Å². The Kier molecular flexibility index (Phi) is 5.17. The van der Waals surface area contributed by atoms with E-state index in [1.54, 1.807) is 0 Å². The van der Waals surface area contributed by atoms with Gasteiger partial charge in [0.15, 0.2) is 0 Å². The minimum Gasteiger partial charge on any atom is -0.356 e. The highest BCUT2D eigenvalue weighted by atomic mass is 35.5. The molecule has 0 aliphatic rings. The molecule has 0 aliphatic carbocycles. The molecule has 0 unspecified atom stereocenters. The molecule has 0 saturated carbocycles. The average molecular weight is 377 g/mol. The quantitative estimate of drug-likeness (QED) is 0.501. The summed E-state index contributed by atoms with van der Waals surface area (Å²) in [5.74, 6) is 0.704. The van der Waals surface area contributed by atoms with E-state index in [0.717, 1.165) is 23.1 Å². The average Bonchev–Trinajstić information content (AvgIpc) is 3.18. The molecule has 10 heteroatoms. The fraction of sp³-hybridized carbons (Fsp3) is 0.312. The molecule has 9 nitrogen and oxygen atoms in total. The number of fused-ring (bicyclic) bond motifs is 1. The van der Waals surface area contributed by atoms with Crippen molar-refractivity contribution in [3.8, 4) is 0 Å². The molecule has 1 aromatic carbocycles. The number of aryl methyl sites for hydroxylation is 2. The molecule has 136 valence electrons. The van der Waals surface area contributed by atoms with Gasteiger partial charge in [0.25, 0.3) is 0 Å². The Labute approximate surface area is 153 Å². The number of nitrogens with zero attached hydrogens (tertiary/aromatic N) is 5. The fourth-order valence-corrected chi connectivity index (χ4v) is 2.80. The van der Waals surface area contributed by atoms with Crippen LogP contribution in [0.5, 0.6) is 0 Å². The molecule has 0 saturated heterocycles. The summed E-state index contributed by atoms with van der Waals surface area (Å²) in [4.78, 5) is 26.5. The number of aromatic nitrogens is 4. The molecule has 0 aliphatic heterocycles. The first-order valence-electron chi connectivity index (χ1n) is 7.98. The molecule has 3 aromatic rings. The van der Waals surface area contributed by atoms with Crippen molar-refractivity contribution in [2.45, 2.75) is 19.4 Å². The number of imidazole rings is 1. The van der Waals surface area contributed by atoms with Gasteiger partial charge in [0.05, 0.1) is 16.0 Å². The molecular formula is C16H17ClN6O3. The van der Waals surface area contributed by atoms with E-state index in [1.165, 1.54) is 10.9 Å². The largest absolute Gasteiger partial charge is 0.356 e. The lowest BCUT2D eigenvalue weighted by atomic mass is 10.3. The van der Waals surface area contributed by atoms with Crippen molar-refractivity contribution in [3.63, 3.8) is 0 Å². The maximum absolute atomic E-state index is 11.9. The van der Waals surface area contributed by atoms with Crippen LogP contribution in [-0.4, -0.2) is 36.7 Å². The summed E-state index contributed by atoms with van der Waals surface area (Å²) in [6.45, 7) is 0.730. The molecule has 26 heavy (non-hydrogen) atoms. The number of amides is 1. The Balaban J connectivity index is 1.49. The first-order chi connectivity index (χ1) is 12.4. The van der Waals surface area contributed by atoms with Crippen LogP contribution in [0.2, 0.25) is 5.02 Å². The van der Waals surface area contributed by atoms with E-state index in [1.807, 2.05) is 29.8 Å². The maximum atomic E-state index is 11.9. The predicted octanol–water partition coefficient (Wildman–Crippen LogP) is 2.08. The van der Waals surface area contributed by atoms with E-state index >= 15 is 0 Å². The Bertz CT molecular complexity index is 964. The summed E-state index contributed by atoms with van der Waals surface area (Å²) in [5, 5.41) is 17.9. The van der Waals surface area contributed by atoms with Crippen LogP contribution in [0.25, 0.3) is 11.0 Å². The highest BCUT2D eigenvalue weighted by Gasteiger charge is 2.11. The fourth-order valence-electron chi connectivity index (χ4n) is 2.63. The number of halogens is 1. The lowest BCUT2D eigenvalue weighted by molar-refractivity contribution is -0.385. The second kappa shape index (κ2) is 7.52. The standard InChI is InChI=1S/C16H17ClN6O3/c1-21-14-3-2-11(17)8-13(14)20-15(21)4-6-18-16(24)5-7-22-10-12(9-19-22)23(25)26/h2-3,8-10H,4-7H2,1H3,(H,18,24). The zero-order valence-electron chi connectivity index (χ0n) is 14.1. The smallest absolute Gasteiger partial charge is 0.306 e. The van der Waals surface area contributed by atoms with Crippen LogP contribution in [-0.2, 0) is 24.8 Å². The number of carbonyl (C=O) groups excluding carboxylic acids is 1. The number of carbonyl (C=O) groups is 1. The van der Waals surface area contributed by atoms with Crippen LogP contribution in [0.4, 0.5) is 5.69 Å². The Morgan fingerprint density at radius 1 is 1.42 bits per heavy atom. The second-order valence-electron chi connectivity index (χ2n) is 5.79. The lowest BCUT2D eigenvalue weighted by Crippen LogP contribution is -2.27. The van der Waals surface area contributed by atoms with E-state index in [2.05, 4.69) is 15.4 Å². The molecule has 2 heterocycles. The first kappa shape index (κ1) is 17.9. The van der Waals surface area contributed by atoms with E-state index in [9.17, 15) is 14.9 Å². The molecule has 0 fully saturated rings. The van der Waals surface area contributed by atoms with Gasteiger partial charge in [0, 0.05) is 38.0 Å². The lowest BCUT2D eigenvalue weighted by Gasteiger charge is -2.06. The Hall–Kier alpha value is -2.94. The topological polar surface area (TPSA) is 108 Å². The minimum absolute atomic E-state index is 0.0904. The maximum Gasteiger partial charge on any atom is 0.306 e. The third-order valence-electron chi connectivity index (χ3n) is 4.00. The number of hydrogen-bond donors (Lipinski definition) is 1. The predicted molar refractivity (Wildman–Crippen MR) is 95.9 cm³/mol. The summed E-state index contributed by atoms with van der Waals surface area (Å²) in [6, 6.07) is 5.54. The third-order valence-corrected chi connectivity index (χ3v) is 4.24. The van der Waals surface area contributed by atoms with Crippen molar-refractivity contribution in [3.05, 3.63) is 51.6 Å². The van der Waals surface area contributed by atoms with Gasteiger partial charge in [-0.2, -0.15) is 5.10 Å². The third kappa shape index (κ3) is 3.99. The summed E-state index contributed by atoms with van der Waals surface area (Å²) in [5.41, 5.74) is 1.71. The molecule has 0 radical (unpaired) electrons. The van der Waals surface area contributed by atoms with E-state index < -0.39 is 4.92 Å². The van der Waals surface area contributed by atoms with E-state index in [0.29, 0.717) is 18.0 Å². The van der Waals surface area contributed by atoms with Gasteiger partial charge in [-0.25, -0.2) is 4.98 Å². The zero-order chi connectivity index (χ0) is 18.7. The van der Waals surface area contributed by atoms with Crippen molar-refractivity contribution in [2.75, 3.05) is 6.54 Å². The van der Waals surface area contributed by atoms with E-state index in [4.69, 9.17) is 11.6 Å². The van der Waals surface area contributed by atoms with Gasteiger partial charge < -0.3 is 9.88 Å². The number of rotatable bonds is 7. The molecule has 3 rings (SSSR count). The number of benzene rings is 1. The van der Waals surface area contributed by atoms with Gasteiger partial charge in [0.2, 0.25) is 5.91 Å². The van der Waals surface area contributed by atoms with Crippen LogP contribution in [0.15, 0.2) is 30.6 Å². The summed E-state index contributed by atoms with van der Waals surface area (Å²) < 4.78 is 3.35. The van der Waals surface area contributed by atoms with Crippen LogP contribution in [0.3, 0.4) is 0 Å². The van der Waals surface area contributed by atoms with E-state index in [-0.39, 0.29) is 24.6 Å². The summed E-state index contributed by atoms with van der Waals surface area (Å²) in [6.07, 6.45) is 3.24.